The van der Waals surface area contributed by atoms with Gasteiger partial charge in [0.25, 0.3) is 0 Å². The van der Waals surface area contributed by atoms with Gasteiger partial charge in [0.1, 0.15) is 0 Å². The van der Waals surface area contributed by atoms with Crippen molar-refractivity contribution in [2.24, 2.45) is 0 Å². The third-order valence-electron chi connectivity index (χ3n) is 21.9. The van der Waals surface area contributed by atoms with Crippen LogP contribution in [-0.4, -0.2) is 0 Å². The zero-order valence-corrected chi connectivity index (χ0v) is 52.0. The fourth-order valence-electron chi connectivity index (χ4n) is 17.9. The van der Waals surface area contributed by atoms with Gasteiger partial charge in [-0.3, -0.25) is 0 Å². The average Bonchev–Trinajstić information content (AvgIpc) is 1.49. The number of hydrogen-bond donors (Lipinski definition) is 0. The smallest absolute Gasteiger partial charge is 0.0714 e. The van der Waals surface area contributed by atoms with Crippen LogP contribution in [0.4, 0.5) is 34.1 Å². The van der Waals surface area contributed by atoms with E-state index in [0.29, 0.717) is 11.8 Å². The molecule has 0 spiro atoms. The molecule has 2 fully saturated rings. The van der Waals surface area contributed by atoms with Crippen LogP contribution in [-0.2, 0) is 10.8 Å². The van der Waals surface area contributed by atoms with Crippen molar-refractivity contribution in [1.29, 1.82) is 0 Å². The molecule has 0 aliphatic heterocycles. The van der Waals surface area contributed by atoms with Gasteiger partial charge in [-0.1, -0.05) is 281 Å². The molecule has 2 heteroatoms. The van der Waals surface area contributed by atoms with Crippen LogP contribution in [0, 0.1) is 0 Å². The van der Waals surface area contributed by atoms with Gasteiger partial charge in [0, 0.05) is 33.5 Å². The van der Waals surface area contributed by atoms with Crippen LogP contribution < -0.4 is 9.80 Å². The second-order valence-electron chi connectivity index (χ2n) is 26.6. The first-order valence-electron chi connectivity index (χ1n) is 33.9. The van der Waals surface area contributed by atoms with Crippen LogP contribution in [0.1, 0.15) is 132 Å². The highest BCUT2D eigenvalue weighted by atomic mass is 15.2. The van der Waals surface area contributed by atoms with Gasteiger partial charge in [0.2, 0.25) is 0 Å². The molecule has 0 saturated heterocycles. The maximum Gasteiger partial charge on any atom is 0.0714 e. The molecule has 18 rings (SSSR count). The molecule has 4 aliphatic rings. The molecular weight excluding hydrogens is 1110 g/mol. The van der Waals surface area contributed by atoms with E-state index < -0.39 is 10.8 Å². The summed E-state index contributed by atoms with van der Waals surface area (Å²) in [5, 5.41) is 7.52. The maximum absolute atomic E-state index is 2.60. The van der Waals surface area contributed by atoms with Crippen LogP contribution in [0.2, 0.25) is 0 Å². The van der Waals surface area contributed by atoms with E-state index in [1.165, 1.54) is 197 Å². The Morgan fingerprint density at radius 1 is 0.250 bits per heavy atom. The van der Waals surface area contributed by atoms with Gasteiger partial charge in [-0.15, -0.1) is 0 Å². The number of benzene rings is 14. The van der Waals surface area contributed by atoms with E-state index in [4.69, 9.17) is 0 Å². The summed E-state index contributed by atoms with van der Waals surface area (Å²) in [5.41, 5.74) is 24.3. The monoisotopic (exact) mass is 1180 g/mol. The molecule has 2 saturated carbocycles. The molecule has 0 amide bonds. The Balaban J connectivity index is 0.857. The molecule has 442 valence electrons. The second-order valence-corrected chi connectivity index (χ2v) is 26.6. The van der Waals surface area contributed by atoms with Crippen molar-refractivity contribution in [3.05, 3.63) is 359 Å². The van der Waals surface area contributed by atoms with E-state index in [1.54, 1.807) is 0 Å². The maximum atomic E-state index is 2.60. The van der Waals surface area contributed by atoms with Crippen LogP contribution in [0.15, 0.2) is 303 Å². The van der Waals surface area contributed by atoms with Gasteiger partial charge in [-0.05, 0) is 198 Å². The Labute approximate surface area is 541 Å². The highest BCUT2D eigenvalue weighted by Crippen LogP contribution is 2.59. The topological polar surface area (TPSA) is 6.48 Å². The van der Waals surface area contributed by atoms with Gasteiger partial charge < -0.3 is 9.80 Å². The summed E-state index contributed by atoms with van der Waals surface area (Å²) in [6, 6.07) is 117. The zero-order valence-electron chi connectivity index (χ0n) is 52.0. The Hall–Kier alpha value is -10.3. The summed E-state index contributed by atoms with van der Waals surface area (Å²) in [7, 11) is 0. The summed E-state index contributed by atoms with van der Waals surface area (Å²) in [6.45, 7) is 0. The van der Waals surface area contributed by atoms with E-state index >= 15 is 0 Å². The van der Waals surface area contributed by atoms with Gasteiger partial charge in [0.05, 0.1) is 22.2 Å². The number of anilines is 6. The largest absolute Gasteiger partial charge is 0.310 e. The molecule has 14 aromatic rings. The predicted octanol–water partition coefficient (Wildman–Crippen LogP) is 24.3. The first kappa shape index (κ1) is 54.6. The van der Waals surface area contributed by atoms with Crippen molar-refractivity contribution in [2.45, 2.75) is 86.9 Å². The summed E-state index contributed by atoms with van der Waals surface area (Å²) >= 11 is 0. The molecule has 4 aliphatic carbocycles. The highest BCUT2D eigenvalue weighted by molar-refractivity contribution is 6.28. The molecule has 0 N–H and O–H groups in total. The Bertz CT molecular complexity index is 4690. The van der Waals surface area contributed by atoms with Crippen molar-refractivity contribution >= 4 is 66.4 Å². The lowest BCUT2D eigenvalue weighted by Crippen LogP contribution is -2.28. The minimum Gasteiger partial charge on any atom is -0.310 e. The molecule has 2 nitrogen and oxygen atoms in total. The van der Waals surface area contributed by atoms with Gasteiger partial charge in [-0.25, -0.2) is 0 Å². The van der Waals surface area contributed by atoms with Gasteiger partial charge >= 0.3 is 0 Å². The van der Waals surface area contributed by atoms with Crippen molar-refractivity contribution in [1.82, 2.24) is 0 Å². The van der Waals surface area contributed by atoms with Crippen molar-refractivity contribution in [2.75, 3.05) is 9.80 Å². The molecular formula is C90H72N2. The normalized spacial score (nSPS) is 15.7. The predicted molar refractivity (Wildman–Crippen MR) is 386 cm³/mol. The van der Waals surface area contributed by atoms with E-state index in [2.05, 4.69) is 313 Å². The van der Waals surface area contributed by atoms with Crippen LogP contribution in [0.3, 0.4) is 0 Å². The van der Waals surface area contributed by atoms with Crippen molar-refractivity contribution in [3.8, 4) is 22.3 Å². The quantitative estimate of drug-likeness (QED) is 0.113. The third kappa shape index (κ3) is 8.45. The lowest BCUT2D eigenvalue weighted by atomic mass is 9.67. The summed E-state index contributed by atoms with van der Waals surface area (Å²) in [4.78, 5) is 5.20. The van der Waals surface area contributed by atoms with Crippen LogP contribution in [0.25, 0.3) is 54.6 Å². The van der Waals surface area contributed by atoms with E-state index in [9.17, 15) is 0 Å². The van der Waals surface area contributed by atoms with Gasteiger partial charge in [-0.2, -0.15) is 0 Å². The van der Waals surface area contributed by atoms with E-state index in [1.807, 2.05) is 0 Å². The molecule has 0 unspecified atom stereocenters. The molecule has 14 aromatic carbocycles. The molecule has 0 heterocycles. The van der Waals surface area contributed by atoms with E-state index in [-0.39, 0.29) is 0 Å². The number of nitrogens with zero attached hydrogens (tertiary/aromatic N) is 2. The first-order chi connectivity index (χ1) is 45.6. The SMILES string of the molecule is c1ccc(C2(c3cccc(N(c4cccc(C5CCCCC5)c4)c4ccc5ccc6c(N(c7cccc(C8CCCCC8)c7)c7cccc(C8(c9ccccc9)c9ccccc9-c9ccccc98)c7)ccc7ccc4c5c76)c3)c3ccccc3-c3ccccc32)cc1. The standard InChI is InChI=1S/C90H72N2/c1-5-25-61(26-6-1)65-29-21-37-71(57-65)91(73-39-23-35-69(59-73)89(67-31-9-3-10-32-67)81-45-17-13-41-75(81)76-42-14-18-46-82(76)89)85-55-51-63-50-54-80-86(56-52-64-49-53-79(85)87(63)88(64)80)92(72-38-22-30-66(58-72)62-27-7-2-8-28-62)74-40-24-36-70(60-74)90(68-33-11-4-12-34-68)83-47-19-15-43-77(83)78-44-16-20-48-84(78)90/h3-4,9-24,29-62H,1-2,5-8,25-28H2. The number of rotatable bonds is 12. The molecule has 0 atom stereocenters. The minimum atomic E-state index is -0.547. The van der Waals surface area contributed by atoms with Crippen molar-refractivity contribution < 1.29 is 0 Å². The molecule has 0 aromatic heterocycles. The summed E-state index contributed by atoms with van der Waals surface area (Å²) in [5.74, 6) is 1.09. The highest BCUT2D eigenvalue weighted by Gasteiger charge is 2.48. The Kier molecular flexibility index (Phi) is 13.2. The fourth-order valence-corrected chi connectivity index (χ4v) is 17.9. The zero-order chi connectivity index (χ0) is 60.7. The fraction of sp³-hybridized carbons (Fsp3) is 0.156. The first-order valence-corrected chi connectivity index (χ1v) is 33.9. The summed E-state index contributed by atoms with van der Waals surface area (Å²) < 4.78 is 0. The molecule has 92 heavy (non-hydrogen) atoms. The van der Waals surface area contributed by atoms with Crippen LogP contribution in [0.5, 0.6) is 0 Å². The number of hydrogen-bond acceptors (Lipinski definition) is 2. The second kappa shape index (κ2) is 22.3. The third-order valence-corrected chi connectivity index (χ3v) is 21.9. The Morgan fingerprint density at radius 3 is 0.946 bits per heavy atom. The van der Waals surface area contributed by atoms with Gasteiger partial charge in [0.15, 0.2) is 0 Å². The summed E-state index contributed by atoms with van der Waals surface area (Å²) in [6.07, 6.45) is 12.7. The lowest BCUT2D eigenvalue weighted by molar-refractivity contribution is 0.443. The van der Waals surface area contributed by atoms with E-state index in [0.717, 1.165) is 11.4 Å². The minimum absolute atomic E-state index is 0.546. The molecule has 0 bridgehead atoms. The average molecular weight is 1180 g/mol. The number of fused-ring (bicyclic) bond motifs is 6. The molecule has 0 radical (unpaired) electrons. The Morgan fingerprint density at radius 2 is 0.565 bits per heavy atom. The van der Waals surface area contributed by atoms with Crippen molar-refractivity contribution in [3.63, 3.8) is 0 Å². The van der Waals surface area contributed by atoms with Crippen LogP contribution >= 0.6 is 0 Å². The lowest BCUT2D eigenvalue weighted by Gasteiger charge is -2.35.